The average molecular weight is 361 g/mol. The minimum absolute atomic E-state index is 1.26. The second-order valence-electron chi connectivity index (χ2n) is 7.83. The van der Waals surface area contributed by atoms with Crippen LogP contribution in [0.3, 0.4) is 0 Å². The molecule has 152 valence electrons. The largest absolute Gasteiger partial charge is 0.0654 e. The smallest absolute Gasteiger partial charge is 0.0279 e. The van der Waals surface area contributed by atoms with E-state index in [2.05, 4.69) is 51.1 Å². The third-order valence-electron chi connectivity index (χ3n) is 5.12. The molecule has 0 aromatic heterocycles. The minimum atomic E-state index is 1.26. The molecule has 0 nitrogen and oxygen atoms in total. The number of hydrogen-bond donors (Lipinski definition) is 0. The van der Waals surface area contributed by atoms with Crippen molar-refractivity contribution >= 4 is 0 Å². The van der Waals surface area contributed by atoms with Crippen molar-refractivity contribution in [3.05, 3.63) is 35.9 Å². The van der Waals surface area contributed by atoms with Crippen LogP contribution in [0.15, 0.2) is 30.3 Å². The van der Waals surface area contributed by atoms with Gasteiger partial charge in [0.1, 0.15) is 0 Å². The first-order chi connectivity index (χ1) is 12.8. The van der Waals surface area contributed by atoms with Gasteiger partial charge in [0.15, 0.2) is 0 Å². The zero-order chi connectivity index (χ0) is 19.1. The summed E-state index contributed by atoms with van der Waals surface area (Å²) in [5.41, 5.74) is 1.49. The molecule has 26 heavy (non-hydrogen) atoms. The Labute approximate surface area is 166 Å². The molecule has 0 unspecified atom stereocenters. The minimum Gasteiger partial charge on any atom is -0.0654 e. The molecule has 1 aromatic carbocycles. The molecule has 0 saturated heterocycles. The Bertz CT molecular complexity index is 332. The van der Waals surface area contributed by atoms with Gasteiger partial charge in [0.25, 0.3) is 0 Å². The van der Waals surface area contributed by atoms with Crippen molar-refractivity contribution in [3.8, 4) is 0 Å². The lowest BCUT2D eigenvalue weighted by Crippen LogP contribution is -1.85. The van der Waals surface area contributed by atoms with Crippen LogP contribution >= 0.6 is 0 Å². The topological polar surface area (TPSA) is 0 Å². The van der Waals surface area contributed by atoms with Crippen molar-refractivity contribution in [2.24, 2.45) is 0 Å². The van der Waals surface area contributed by atoms with Crippen LogP contribution in [0.25, 0.3) is 0 Å². The van der Waals surface area contributed by atoms with E-state index in [0.29, 0.717) is 0 Å². The van der Waals surface area contributed by atoms with Crippen LogP contribution in [0.5, 0.6) is 0 Å². The van der Waals surface area contributed by atoms with E-state index in [1.807, 2.05) is 0 Å². The predicted molar refractivity (Wildman–Crippen MR) is 121 cm³/mol. The molecule has 0 aliphatic heterocycles. The Morgan fingerprint density at radius 3 is 1.15 bits per heavy atom. The Balaban J connectivity index is 0.000000541. The van der Waals surface area contributed by atoms with Crippen LogP contribution < -0.4 is 0 Å². The molecule has 0 heteroatoms. The summed E-state index contributed by atoms with van der Waals surface area (Å²) < 4.78 is 0. The highest BCUT2D eigenvalue weighted by Crippen LogP contribution is 2.11. The van der Waals surface area contributed by atoms with Crippen molar-refractivity contribution in [3.63, 3.8) is 0 Å². The van der Waals surface area contributed by atoms with Gasteiger partial charge in [-0.05, 0) is 18.4 Å². The molecule has 0 bridgehead atoms. The summed E-state index contributed by atoms with van der Waals surface area (Å²) in [6, 6.07) is 10.8. The van der Waals surface area contributed by atoms with Gasteiger partial charge < -0.3 is 0 Å². The Morgan fingerprint density at radius 1 is 0.423 bits per heavy atom. The van der Waals surface area contributed by atoms with Crippen LogP contribution in [0.2, 0.25) is 0 Å². The van der Waals surface area contributed by atoms with Crippen LogP contribution in [-0.2, 0) is 6.42 Å². The Kier molecular flexibility index (Phi) is 21.6. The monoisotopic (exact) mass is 360 g/mol. The van der Waals surface area contributed by atoms with Gasteiger partial charge >= 0.3 is 0 Å². The fourth-order valence-electron chi connectivity index (χ4n) is 3.31. The van der Waals surface area contributed by atoms with Gasteiger partial charge in [0, 0.05) is 0 Å². The van der Waals surface area contributed by atoms with Gasteiger partial charge in [-0.1, -0.05) is 147 Å². The Morgan fingerprint density at radius 2 is 0.769 bits per heavy atom. The summed E-state index contributed by atoms with van der Waals surface area (Å²) in [4.78, 5) is 0. The van der Waals surface area contributed by atoms with Crippen molar-refractivity contribution in [1.82, 2.24) is 0 Å². The number of unbranched alkanes of at least 4 members (excludes halogenated alkanes) is 14. The Hall–Kier alpha value is -0.780. The molecule has 0 heterocycles. The summed E-state index contributed by atoms with van der Waals surface area (Å²) in [6.07, 6.45) is 24.0. The van der Waals surface area contributed by atoms with Gasteiger partial charge in [0.2, 0.25) is 0 Å². The predicted octanol–water partition coefficient (Wildman–Crippen LogP) is 9.52. The van der Waals surface area contributed by atoms with E-state index in [0.717, 1.165) is 0 Å². The third-order valence-corrected chi connectivity index (χ3v) is 5.12. The molecule has 0 aliphatic carbocycles. The first-order valence-electron chi connectivity index (χ1n) is 11.9. The van der Waals surface area contributed by atoms with Crippen molar-refractivity contribution < 1.29 is 0 Å². The maximum atomic E-state index is 2.28. The van der Waals surface area contributed by atoms with Crippen LogP contribution in [-0.4, -0.2) is 0 Å². The van der Waals surface area contributed by atoms with Crippen molar-refractivity contribution in [2.45, 2.75) is 130 Å². The molecule has 0 amide bonds. The SMILES string of the molecule is CCCCCCCCCC.CCCCCCCCCCc1ccccc1. The molecule has 0 fully saturated rings. The maximum absolute atomic E-state index is 2.28. The maximum Gasteiger partial charge on any atom is -0.0279 e. The molecular formula is C26H48. The zero-order valence-electron chi connectivity index (χ0n) is 18.4. The highest BCUT2D eigenvalue weighted by Gasteiger charge is 1.93. The normalized spacial score (nSPS) is 10.4. The molecule has 0 saturated carbocycles. The third kappa shape index (κ3) is 19.5. The van der Waals surface area contributed by atoms with Crippen molar-refractivity contribution in [2.75, 3.05) is 0 Å². The standard InChI is InChI=1S/C16H26.C10H22/c1-2-3-4-5-6-7-8-10-13-16-14-11-9-12-15-16;1-3-5-7-9-10-8-6-4-2/h9,11-12,14-15H,2-8,10,13H2,1H3;3-10H2,1-2H3. The lowest BCUT2D eigenvalue weighted by atomic mass is 10.0. The summed E-state index contributed by atoms with van der Waals surface area (Å²) in [7, 11) is 0. The van der Waals surface area contributed by atoms with E-state index in [1.54, 1.807) is 0 Å². The summed E-state index contributed by atoms with van der Waals surface area (Å²) in [5, 5.41) is 0. The van der Waals surface area contributed by atoms with Gasteiger partial charge in [0.05, 0.1) is 0 Å². The number of hydrogen-bond acceptors (Lipinski definition) is 0. The first kappa shape index (κ1) is 25.2. The van der Waals surface area contributed by atoms with Crippen LogP contribution in [0.4, 0.5) is 0 Å². The van der Waals surface area contributed by atoms with E-state index in [4.69, 9.17) is 0 Å². The fourth-order valence-corrected chi connectivity index (χ4v) is 3.31. The second-order valence-corrected chi connectivity index (χ2v) is 7.83. The molecular weight excluding hydrogens is 312 g/mol. The van der Waals surface area contributed by atoms with E-state index in [-0.39, 0.29) is 0 Å². The first-order valence-corrected chi connectivity index (χ1v) is 11.9. The zero-order valence-corrected chi connectivity index (χ0v) is 18.4. The van der Waals surface area contributed by atoms with Crippen LogP contribution in [0.1, 0.15) is 129 Å². The molecule has 1 rings (SSSR count). The molecule has 0 aliphatic rings. The lowest BCUT2D eigenvalue weighted by Gasteiger charge is -2.02. The van der Waals surface area contributed by atoms with Gasteiger partial charge in [-0.3, -0.25) is 0 Å². The molecule has 0 atom stereocenters. The van der Waals surface area contributed by atoms with Crippen molar-refractivity contribution in [1.29, 1.82) is 0 Å². The van der Waals surface area contributed by atoms with Gasteiger partial charge in [-0.25, -0.2) is 0 Å². The average Bonchev–Trinajstić information content (AvgIpc) is 2.68. The molecule has 1 aromatic rings. The quantitative estimate of drug-likeness (QED) is 0.257. The van der Waals surface area contributed by atoms with Crippen LogP contribution in [0, 0.1) is 0 Å². The highest BCUT2D eigenvalue weighted by atomic mass is 14.0. The summed E-state index contributed by atoms with van der Waals surface area (Å²) in [5.74, 6) is 0. The molecule has 0 N–H and O–H groups in total. The fraction of sp³-hybridized carbons (Fsp3) is 0.769. The molecule has 0 spiro atoms. The van der Waals surface area contributed by atoms with E-state index >= 15 is 0 Å². The summed E-state index contributed by atoms with van der Waals surface area (Å²) in [6.45, 7) is 6.82. The number of rotatable bonds is 16. The lowest BCUT2D eigenvalue weighted by molar-refractivity contribution is 0.575. The second kappa shape index (κ2) is 22.3. The van der Waals surface area contributed by atoms with E-state index in [1.165, 1.54) is 115 Å². The van der Waals surface area contributed by atoms with Gasteiger partial charge in [-0.15, -0.1) is 0 Å². The van der Waals surface area contributed by atoms with Gasteiger partial charge in [-0.2, -0.15) is 0 Å². The van der Waals surface area contributed by atoms with E-state index < -0.39 is 0 Å². The highest BCUT2D eigenvalue weighted by molar-refractivity contribution is 5.14. The number of aryl methyl sites for hydroxylation is 1. The van der Waals surface area contributed by atoms with E-state index in [9.17, 15) is 0 Å². The number of benzene rings is 1. The summed E-state index contributed by atoms with van der Waals surface area (Å²) >= 11 is 0. The molecule has 0 radical (unpaired) electrons.